The van der Waals surface area contributed by atoms with E-state index in [2.05, 4.69) is 31.3 Å². The first-order valence-corrected chi connectivity index (χ1v) is 7.75. The molecule has 0 fully saturated rings. The van der Waals surface area contributed by atoms with Crippen LogP contribution in [0.3, 0.4) is 0 Å². The van der Waals surface area contributed by atoms with Gasteiger partial charge in [0.25, 0.3) is 0 Å². The number of carbonyl (C=O) groups excluding carboxylic acids is 1. The highest BCUT2D eigenvalue weighted by Crippen LogP contribution is 2.26. The first-order chi connectivity index (χ1) is 11.0. The normalized spacial score (nSPS) is 10.3. The van der Waals surface area contributed by atoms with E-state index in [1.165, 1.54) is 18.2 Å². The maximum absolute atomic E-state index is 11.4. The number of benzene rings is 2. The van der Waals surface area contributed by atoms with E-state index in [0.717, 1.165) is 23.3 Å². The van der Waals surface area contributed by atoms with Crippen molar-refractivity contribution in [1.29, 1.82) is 0 Å². The molecule has 2 rings (SSSR count). The summed E-state index contributed by atoms with van der Waals surface area (Å²) >= 11 is 0. The molecule has 122 valence electrons. The van der Waals surface area contributed by atoms with Crippen LogP contribution in [0.15, 0.2) is 36.4 Å². The van der Waals surface area contributed by atoms with Crippen molar-refractivity contribution in [2.24, 2.45) is 0 Å². The number of nitrogens with one attached hydrogen (secondary N) is 1. The Morgan fingerprint density at radius 2 is 1.78 bits per heavy atom. The number of carbonyl (C=O) groups is 1. The summed E-state index contributed by atoms with van der Waals surface area (Å²) in [5.41, 5.74) is 4.49. The van der Waals surface area contributed by atoms with Crippen molar-refractivity contribution in [1.82, 2.24) is 5.32 Å². The molecule has 0 radical (unpaired) electrons. The molecule has 0 saturated carbocycles. The van der Waals surface area contributed by atoms with Crippen molar-refractivity contribution in [3.05, 3.63) is 58.7 Å². The van der Waals surface area contributed by atoms with Gasteiger partial charge in [-0.3, -0.25) is 0 Å². The summed E-state index contributed by atoms with van der Waals surface area (Å²) < 4.78 is 11.2. The second kappa shape index (κ2) is 7.68. The summed E-state index contributed by atoms with van der Waals surface area (Å²) in [5, 5.41) is 2.44. The molecule has 0 bridgehead atoms. The SMILES string of the molecule is CCc1cc(C)c(OCc2ccccc2OC(=O)NC)cc1C. The highest BCUT2D eigenvalue weighted by atomic mass is 16.6. The monoisotopic (exact) mass is 313 g/mol. The minimum Gasteiger partial charge on any atom is -0.488 e. The van der Waals surface area contributed by atoms with Gasteiger partial charge in [0.05, 0.1) is 0 Å². The minimum absolute atomic E-state index is 0.346. The molecule has 2 aromatic rings. The van der Waals surface area contributed by atoms with E-state index in [-0.39, 0.29) is 0 Å². The molecule has 4 heteroatoms. The summed E-state index contributed by atoms with van der Waals surface area (Å²) in [6.07, 6.45) is 0.521. The van der Waals surface area contributed by atoms with Gasteiger partial charge in [0.2, 0.25) is 0 Å². The van der Waals surface area contributed by atoms with Gasteiger partial charge in [0.1, 0.15) is 18.1 Å². The Bertz CT molecular complexity index is 695. The van der Waals surface area contributed by atoms with Crippen molar-refractivity contribution in [2.75, 3.05) is 7.05 Å². The molecule has 0 heterocycles. The zero-order valence-corrected chi connectivity index (χ0v) is 14.1. The molecule has 0 saturated heterocycles. The standard InChI is InChI=1S/C19H23NO3/c1-5-15-10-14(3)18(11-13(15)2)22-12-16-8-6-7-9-17(16)23-19(21)20-4/h6-11H,5,12H2,1-4H3,(H,20,21). The number of aryl methyl sites for hydroxylation is 3. The Labute approximate surface area is 137 Å². The lowest BCUT2D eigenvalue weighted by Crippen LogP contribution is -2.22. The van der Waals surface area contributed by atoms with E-state index in [4.69, 9.17) is 9.47 Å². The summed E-state index contributed by atoms with van der Waals surface area (Å²) in [7, 11) is 1.53. The van der Waals surface area contributed by atoms with Crippen LogP contribution in [0.1, 0.15) is 29.2 Å². The van der Waals surface area contributed by atoms with Crippen molar-refractivity contribution in [3.63, 3.8) is 0 Å². The highest BCUT2D eigenvalue weighted by Gasteiger charge is 2.10. The van der Waals surface area contributed by atoms with Crippen LogP contribution in [0.25, 0.3) is 0 Å². The Kier molecular flexibility index (Phi) is 5.63. The van der Waals surface area contributed by atoms with Gasteiger partial charge in [-0.2, -0.15) is 0 Å². The lowest BCUT2D eigenvalue weighted by atomic mass is 10.0. The van der Waals surface area contributed by atoms with Gasteiger partial charge >= 0.3 is 6.09 Å². The Balaban J connectivity index is 2.15. The zero-order valence-electron chi connectivity index (χ0n) is 14.1. The predicted molar refractivity (Wildman–Crippen MR) is 91.2 cm³/mol. The van der Waals surface area contributed by atoms with Crippen molar-refractivity contribution >= 4 is 6.09 Å². The van der Waals surface area contributed by atoms with Crippen LogP contribution < -0.4 is 14.8 Å². The summed E-state index contributed by atoms with van der Waals surface area (Å²) in [4.78, 5) is 11.4. The predicted octanol–water partition coefficient (Wildman–Crippen LogP) is 4.16. The molecule has 1 amide bonds. The fraction of sp³-hybridized carbons (Fsp3) is 0.316. The molecule has 4 nitrogen and oxygen atoms in total. The fourth-order valence-electron chi connectivity index (χ4n) is 2.41. The summed E-state index contributed by atoms with van der Waals surface area (Å²) in [6.45, 7) is 6.63. The molecular weight excluding hydrogens is 290 g/mol. The van der Waals surface area contributed by atoms with E-state index in [1.54, 1.807) is 6.07 Å². The Morgan fingerprint density at radius 1 is 1.04 bits per heavy atom. The molecule has 0 aliphatic heterocycles. The lowest BCUT2D eigenvalue weighted by molar-refractivity contribution is 0.201. The van der Waals surface area contributed by atoms with Crippen LogP contribution in [0.2, 0.25) is 0 Å². The molecule has 23 heavy (non-hydrogen) atoms. The van der Waals surface area contributed by atoms with Crippen molar-refractivity contribution < 1.29 is 14.3 Å². The number of ether oxygens (including phenoxy) is 2. The first kappa shape index (κ1) is 16.9. The van der Waals surface area contributed by atoms with Gasteiger partial charge in [0, 0.05) is 12.6 Å². The zero-order chi connectivity index (χ0) is 16.8. The average Bonchev–Trinajstić information content (AvgIpc) is 2.56. The van der Waals surface area contributed by atoms with Crippen LogP contribution in [-0.2, 0) is 13.0 Å². The Morgan fingerprint density at radius 3 is 2.48 bits per heavy atom. The van der Waals surface area contributed by atoms with Gasteiger partial charge in [-0.15, -0.1) is 0 Å². The number of amides is 1. The van der Waals surface area contributed by atoms with E-state index >= 15 is 0 Å². The van der Waals surface area contributed by atoms with E-state index < -0.39 is 6.09 Å². The molecule has 0 atom stereocenters. The maximum atomic E-state index is 11.4. The van der Waals surface area contributed by atoms with Crippen molar-refractivity contribution in [3.8, 4) is 11.5 Å². The van der Waals surface area contributed by atoms with Gasteiger partial charge in [0.15, 0.2) is 0 Å². The molecule has 0 aliphatic carbocycles. The van der Waals surface area contributed by atoms with E-state index in [1.807, 2.05) is 25.1 Å². The highest BCUT2D eigenvalue weighted by molar-refractivity contribution is 5.70. The maximum Gasteiger partial charge on any atom is 0.412 e. The van der Waals surface area contributed by atoms with E-state index in [9.17, 15) is 4.79 Å². The smallest absolute Gasteiger partial charge is 0.412 e. The number of rotatable bonds is 5. The van der Waals surface area contributed by atoms with Gasteiger partial charge in [-0.05, 0) is 49.1 Å². The number of hydrogen-bond donors (Lipinski definition) is 1. The third-order valence-corrected chi connectivity index (χ3v) is 3.78. The van der Waals surface area contributed by atoms with Gasteiger partial charge in [-0.25, -0.2) is 4.79 Å². The third-order valence-electron chi connectivity index (χ3n) is 3.78. The Hall–Kier alpha value is -2.49. The molecule has 0 aliphatic rings. The fourth-order valence-corrected chi connectivity index (χ4v) is 2.41. The molecular formula is C19H23NO3. The summed E-state index contributed by atoms with van der Waals surface area (Å²) in [6, 6.07) is 11.6. The van der Waals surface area contributed by atoms with Crippen LogP contribution in [-0.4, -0.2) is 13.1 Å². The van der Waals surface area contributed by atoms with Crippen LogP contribution in [0.5, 0.6) is 11.5 Å². The third kappa shape index (κ3) is 4.25. The molecule has 2 aromatic carbocycles. The van der Waals surface area contributed by atoms with Crippen molar-refractivity contribution in [2.45, 2.75) is 33.8 Å². The molecule has 0 aromatic heterocycles. The number of para-hydroxylation sites is 1. The van der Waals surface area contributed by atoms with Gasteiger partial charge in [-0.1, -0.05) is 31.2 Å². The van der Waals surface area contributed by atoms with Gasteiger partial charge < -0.3 is 14.8 Å². The molecule has 0 spiro atoms. The molecule has 0 unspecified atom stereocenters. The second-order valence-corrected chi connectivity index (χ2v) is 5.43. The number of hydrogen-bond acceptors (Lipinski definition) is 3. The first-order valence-electron chi connectivity index (χ1n) is 7.75. The van der Waals surface area contributed by atoms with Crippen LogP contribution in [0.4, 0.5) is 4.79 Å². The lowest BCUT2D eigenvalue weighted by Gasteiger charge is -2.14. The summed E-state index contributed by atoms with van der Waals surface area (Å²) in [5.74, 6) is 1.36. The minimum atomic E-state index is -0.489. The quantitative estimate of drug-likeness (QED) is 0.901. The largest absolute Gasteiger partial charge is 0.488 e. The van der Waals surface area contributed by atoms with E-state index in [0.29, 0.717) is 12.4 Å². The molecule has 1 N–H and O–H groups in total. The second-order valence-electron chi connectivity index (χ2n) is 5.43. The van der Waals surface area contributed by atoms with Crippen LogP contribution in [0, 0.1) is 13.8 Å². The average molecular weight is 313 g/mol. The topological polar surface area (TPSA) is 47.6 Å². The van der Waals surface area contributed by atoms with Crippen LogP contribution >= 0.6 is 0 Å².